The molecular weight excluding hydrogens is 258 g/mol. The number of thiazole rings is 1. The van der Waals surface area contributed by atoms with Gasteiger partial charge in [-0.25, -0.2) is 18.5 Å². The van der Waals surface area contributed by atoms with Crippen LogP contribution >= 0.6 is 11.3 Å². The molecule has 0 bridgehead atoms. The quantitative estimate of drug-likeness (QED) is 0.856. The van der Waals surface area contributed by atoms with Crippen molar-refractivity contribution in [2.75, 3.05) is 5.32 Å². The normalized spacial score (nSPS) is 23.7. The van der Waals surface area contributed by atoms with Crippen molar-refractivity contribution in [1.29, 1.82) is 0 Å². The fraction of sp³-hybridized carbons (Fsp3) is 0.700. The molecule has 1 aliphatic rings. The smallest absolute Gasteiger partial charge is 0.249 e. The molecule has 0 aromatic carbocycles. The Morgan fingerprint density at radius 2 is 2.29 bits per heavy atom. The predicted octanol–water partition coefficient (Wildman–Crippen LogP) is 1.70. The molecule has 17 heavy (non-hydrogen) atoms. The second-order valence-electron chi connectivity index (χ2n) is 4.47. The molecule has 0 amide bonds. The zero-order valence-corrected chi connectivity index (χ0v) is 11.6. The monoisotopic (exact) mass is 275 g/mol. The second-order valence-corrected chi connectivity index (χ2v) is 7.23. The topological polar surface area (TPSA) is 85.1 Å². The fourth-order valence-corrected chi connectivity index (χ4v) is 3.90. The number of hydrogen-bond donors (Lipinski definition) is 2. The summed E-state index contributed by atoms with van der Waals surface area (Å²) in [6.45, 7) is 3.83. The first-order chi connectivity index (χ1) is 7.91. The van der Waals surface area contributed by atoms with Gasteiger partial charge in [0.1, 0.15) is 0 Å². The minimum absolute atomic E-state index is 0.160. The molecule has 2 atom stereocenters. The molecule has 1 saturated carbocycles. The van der Waals surface area contributed by atoms with Crippen LogP contribution in [-0.4, -0.2) is 19.4 Å². The fourth-order valence-electron chi connectivity index (χ4n) is 1.98. The van der Waals surface area contributed by atoms with Crippen LogP contribution < -0.4 is 10.5 Å². The van der Waals surface area contributed by atoms with E-state index in [-0.39, 0.29) is 4.21 Å². The molecule has 1 heterocycles. The molecule has 1 fully saturated rings. The first-order valence-corrected chi connectivity index (χ1v) is 8.05. The summed E-state index contributed by atoms with van der Waals surface area (Å²) in [6, 6.07) is 0.453. The summed E-state index contributed by atoms with van der Waals surface area (Å²) in [5.74, 6) is 0.710. The van der Waals surface area contributed by atoms with Crippen molar-refractivity contribution < 1.29 is 8.42 Å². The number of aryl methyl sites for hydroxylation is 1. The Kier molecular flexibility index (Phi) is 3.42. The minimum Gasteiger partial charge on any atom is -0.358 e. The highest BCUT2D eigenvalue weighted by molar-refractivity contribution is 7.91. The molecule has 0 aliphatic heterocycles. The van der Waals surface area contributed by atoms with E-state index in [1.54, 1.807) is 6.92 Å². The number of nitrogens with one attached hydrogen (secondary N) is 1. The Balaban J connectivity index is 2.05. The zero-order chi connectivity index (χ0) is 12.6. The number of anilines is 1. The minimum atomic E-state index is -3.64. The molecule has 96 valence electrons. The third-order valence-electron chi connectivity index (χ3n) is 2.90. The number of aromatic nitrogens is 1. The molecule has 5 nitrogen and oxygen atoms in total. The molecule has 7 heteroatoms. The van der Waals surface area contributed by atoms with Crippen LogP contribution in [0.3, 0.4) is 0 Å². The van der Waals surface area contributed by atoms with Crippen molar-refractivity contribution in [1.82, 2.24) is 4.98 Å². The van der Waals surface area contributed by atoms with E-state index in [0.717, 1.165) is 17.8 Å². The van der Waals surface area contributed by atoms with Crippen LogP contribution in [0.25, 0.3) is 0 Å². The Morgan fingerprint density at radius 1 is 1.59 bits per heavy atom. The van der Waals surface area contributed by atoms with Crippen molar-refractivity contribution in [2.45, 2.75) is 43.4 Å². The molecule has 0 radical (unpaired) electrons. The number of nitrogens with two attached hydrogens (primary N) is 1. The van der Waals surface area contributed by atoms with Gasteiger partial charge in [0, 0.05) is 6.04 Å². The van der Waals surface area contributed by atoms with Gasteiger partial charge in [0.2, 0.25) is 10.0 Å². The number of rotatable bonds is 5. The van der Waals surface area contributed by atoms with Crippen LogP contribution in [0.1, 0.15) is 31.9 Å². The molecule has 2 rings (SSSR count). The van der Waals surface area contributed by atoms with Gasteiger partial charge in [-0.1, -0.05) is 24.7 Å². The van der Waals surface area contributed by atoms with Crippen LogP contribution in [0.2, 0.25) is 0 Å². The van der Waals surface area contributed by atoms with Gasteiger partial charge in [-0.2, -0.15) is 0 Å². The number of nitrogens with zero attached hydrogens (tertiary/aromatic N) is 1. The SMILES string of the molecule is CCCC1CC1Nc1nc(C)c(S(N)(=O)=O)s1. The predicted molar refractivity (Wildman–Crippen MR) is 68.6 cm³/mol. The lowest BCUT2D eigenvalue weighted by Gasteiger charge is -1.99. The van der Waals surface area contributed by atoms with Gasteiger partial charge in [-0.15, -0.1) is 0 Å². The summed E-state index contributed by atoms with van der Waals surface area (Å²) in [5, 5.41) is 9.04. The van der Waals surface area contributed by atoms with E-state index in [4.69, 9.17) is 5.14 Å². The van der Waals surface area contributed by atoms with Gasteiger partial charge in [0.25, 0.3) is 0 Å². The number of hydrogen-bond acceptors (Lipinski definition) is 5. The maximum atomic E-state index is 11.3. The molecule has 1 aromatic rings. The summed E-state index contributed by atoms with van der Waals surface area (Å²) in [6.07, 6.45) is 3.55. The van der Waals surface area contributed by atoms with E-state index in [0.29, 0.717) is 22.8 Å². The van der Waals surface area contributed by atoms with E-state index in [1.165, 1.54) is 12.8 Å². The Labute approximate surface area is 105 Å². The largest absolute Gasteiger partial charge is 0.358 e. The van der Waals surface area contributed by atoms with Crippen LogP contribution in [0.15, 0.2) is 4.21 Å². The highest BCUT2D eigenvalue weighted by Gasteiger charge is 2.36. The lowest BCUT2D eigenvalue weighted by molar-refractivity contribution is 0.599. The second kappa shape index (κ2) is 4.55. The molecule has 0 saturated heterocycles. The van der Waals surface area contributed by atoms with Crippen molar-refractivity contribution in [3.63, 3.8) is 0 Å². The van der Waals surface area contributed by atoms with Crippen LogP contribution in [0.4, 0.5) is 5.13 Å². The molecule has 3 N–H and O–H groups in total. The summed E-state index contributed by atoms with van der Waals surface area (Å²) in [5.41, 5.74) is 0.479. The van der Waals surface area contributed by atoms with E-state index in [9.17, 15) is 8.42 Å². The van der Waals surface area contributed by atoms with Crippen LogP contribution in [-0.2, 0) is 10.0 Å². The van der Waals surface area contributed by atoms with Crippen molar-refractivity contribution in [2.24, 2.45) is 11.1 Å². The maximum Gasteiger partial charge on any atom is 0.249 e. The van der Waals surface area contributed by atoms with Gasteiger partial charge in [0.05, 0.1) is 5.69 Å². The molecule has 0 spiro atoms. The molecule has 1 aliphatic carbocycles. The van der Waals surface area contributed by atoms with Crippen LogP contribution in [0.5, 0.6) is 0 Å². The van der Waals surface area contributed by atoms with Crippen molar-refractivity contribution in [3.05, 3.63) is 5.69 Å². The lowest BCUT2D eigenvalue weighted by atomic mass is 10.2. The van der Waals surface area contributed by atoms with Gasteiger partial charge >= 0.3 is 0 Å². The van der Waals surface area contributed by atoms with Gasteiger partial charge in [-0.3, -0.25) is 0 Å². The third kappa shape index (κ3) is 2.97. The number of sulfonamides is 1. The van der Waals surface area contributed by atoms with Crippen molar-refractivity contribution in [3.8, 4) is 0 Å². The van der Waals surface area contributed by atoms with E-state index >= 15 is 0 Å². The maximum absolute atomic E-state index is 11.3. The van der Waals surface area contributed by atoms with Gasteiger partial charge < -0.3 is 5.32 Å². The Bertz CT molecular complexity index is 510. The van der Waals surface area contributed by atoms with Gasteiger partial charge in [-0.05, 0) is 25.7 Å². The highest BCUT2D eigenvalue weighted by atomic mass is 32.2. The first-order valence-electron chi connectivity index (χ1n) is 5.68. The number of primary sulfonamides is 1. The lowest BCUT2D eigenvalue weighted by Crippen LogP contribution is -2.11. The molecular formula is C10H17N3O2S2. The van der Waals surface area contributed by atoms with E-state index < -0.39 is 10.0 Å². The average molecular weight is 275 g/mol. The van der Waals surface area contributed by atoms with E-state index in [1.807, 2.05) is 0 Å². The molecule has 2 unspecified atom stereocenters. The third-order valence-corrected chi connectivity index (χ3v) is 5.55. The average Bonchev–Trinajstić information content (AvgIpc) is 2.78. The Morgan fingerprint density at radius 3 is 2.82 bits per heavy atom. The Hall–Kier alpha value is -0.660. The molecule has 1 aromatic heterocycles. The standard InChI is InChI=1S/C10H17N3O2S2/c1-3-4-7-5-8(7)13-10-12-6(2)9(16-10)17(11,14)15/h7-8H,3-5H2,1-2H3,(H,12,13)(H2,11,14,15). The summed E-state index contributed by atoms with van der Waals surface area (Å²) < 4.78 is 22.7. The van der Waals surface area contributed by atoms with E-state index in [2.05, 4.69) is 17.2 Å². The highest BCUT2D eigenvalue weighted by Crippen LogP contribution is 2.38. The first kappa shape index (κ1) is 12.8. The zero-order valence-electron chi connectivity index (χ0n) is 9.93. The summed E-state index contributed by atoms with van der Waals surface area (Å²) in [4.78, 5) is 4.20. The van der Waals surface area contributed by atoms with Gasteiger partial charge in [0.15, 0.2) is 9.34 Å². The van der Waals surface area contributed by atoms with Crippen molar-refractivity contribution >= 4 is 26.5 Å². The van der Waals surface area contributed by atoms with Crippen LogP contribution in [0, 0.1) is 12.8 Å². The summed E-state index contributed by atoms with van der Waals surface area (Å²) in [7, 11) is -3.64. The summed E-state index contributed by atoms with van der Waals surface area (Å²) >= 11 is 1.12.